The number of carbonyl (C=O) groups is 2. The fourth-order valence-electron chi connectivity index (χ4n) is 3.37. The third kappa shape index (κ3) is 6.30. The van der Waals surface area contributed by atoms with Crippen molar-refractivity contribution >= 4 is 17.7 Å². The Balaban J connectivity index is 1.72. The summed E-state index contributed by atoms with van der Waals surface area (Å²) in [4.78, 5) is 23.8. The molecule has 176 valence electrons. The lowest BCUT2D eigenvalue weighted by Crippen LogP contribution is -2.22. The second-order valence-electron chi connectivity index (χ2n) is 7.38. The van der Waals surface area contributed by atoms with Crippen LogP contribution < -0.4 is 25.0 Å². The van der Waals surface area contributed by atoms with Gasteiger partial charge >= 0.3 is 6.09 Å². The van der Waals surface area contributed by atoms with Crippen LogP contribution in [0.3, 0.4) is 0 Å². The zero-order valence-electron chi connectivity index (χ0n) is 18.2. The Labute approximate surface area is 190 Å². The van der Waals surface area contributed by atoms with E-state index in [-0.39, 0.29) is 18.5 Å². The van der Waals surface area contributed by atoms with Crippen LogP contribution in [-0.4, -0.2) is 36.2 Å². The fourth-order valence-corrected chi connectivity index (χ4v) is 3.37. The first-order valence-corrected chi connectivity index (χ1v) is 10.3. The number of ether oxygens (including phenoxy) is 4. The summed E-state index contributed by atoms with van der Waals surface area (Å²) in [6, 6.07) is 9.79. The number of aromatic hydroxyl groups is 1. The van der Waals surface area contributed by atoms with E-state index in [9.17, 15) is 14.7 Å². The Morgan fingerprint density at radius 3 is 2.70 bits per heavy atom. The molecule has 1 aliphatic heterocycles. The van der Waals surface area contributed by atoms with Gasteiger partial charge in [-0.15, -0.1) is 0 Å². The molecule has 10 nitrogen and oxygen atoms in total. The van der Waals surface area contributed by atoms with Gasteiger partial charge in [-0.3, -0.25) is 15.3 Å². The molecule has 0 aliphatic carbocycles. The van der Waals surface area contributed by atoms with E-state index in [0.717, 1.165) is 0 Å². The summed E-state index contributed by atoms with van der Waals surface area (Å²) in [6.45, 7) is 2.01. The van der Waals surface area contributed by atoms with Gasteiger partial charge in [0.05, 0.1) is 7.11 Å². The molecule has 2 atom stereocenters. The van der Waals surface area contributed by atoms with E-state index in [0.29, 0.717) is 41.3 Å². The van der Waals surface area contributed by atoms with Crippen LogP contribution in [0.5, 0.6) is 23.0 Å². The minimum absolute atomic E-state index is 0.0773. The molecule has 1 aliphatic rings. The summed E-state index contributed by atoms with van der Waals surface area (Å²) >= 11 is 0. The van der Waals surface area contributed by atoms with Gasteiger partial charge in [-0.25, -0.2) is 10.3 Å². The van der Waals surface area contributed by atoms with Crippen molar-refractivity contribution in [1.82, 2.24) is 5.48 Å². The summed E-state index contributed by atoms with van der Waals surface area (Å²) < 4.78 is 21.4. The molecule has 2 amide bonds. The van der Waals surface area contributed by atoms with E-state index >= 15 is 0 Å². The highest BCUT2D eigenvalue weighted by Crippen LogP contribution is 2.36. The van der Waals surface area contributed by atoms with Crippen molar-refractivity contribution in [1.29, 1.82) is 0 Å². The Hall–Kier alpha value is -3.92. The van der Waals surface area contributed by atoms with Crippen LogP contribution in [0.4, 0.5) is 10.5 Å². The fraction of sp³-hybridized carbons (Fsp3) is 0.304. The van der Waals surface area contributed by atoms with Gasteiger partial charge in [0.2, 0.25) is 6.79 Å². The van der Waals surface area contributed by atoms with Gasteiger partial charge in [-0.2, -0.15) is 0 Å². The van der Waals surface area contributed by atoms with Crippen molar-refractivity contribution in [2.24, 2.45) is 5.92 Å². The number of anilines is 1. The van der Waals surface area contributed by atoms with Gasteiger partial charge in [0.1, 0.15) is 6.10 Å². The maximum Gasteiger partial charge on any atom is 0.412 e. The second-order valence-corrected chi connectivity index (χ2v) is 7.38. The lowest BCUT2D eigenvalue weighted by Gasteiger charge is -2.25. The molecule has 1 heterocycles. The van der Waals surface area contributed by atoms with Gasteiger partial charge in [0, 0.05) is 17.8 Å². The maximum atomic E-state index is 12.7. The number of hydrogen-bond acceptors (Lipinski definition) is 8. The highest BCUT2D eigenvalue weighted by molar-refractivity contribution is 5.86. The number of nitrogens with one attached hydrogen (secondary N) is 2. The minimum Gasteiger partial charge on any atom is -0.504 e. The first-order chi connectivity index (χ1) is 15.9. The number of hydrogen-bond donors (Lipinski definition) is 4. The van der Waals surface area contributed by atoms with E-state index in [1.54, 1.807) is 36.4 Å². The Morgan fingerprint density at radius 2 is 1.97 bits per heavy atom. The SMILES string of the molecule is COc1ccc([C@H](OC(=O)Nc2ccc3c(c2)OCO3)[C@H](C)CC/C=C/C(=O)NO)cc1O. The van der Waals surface area contributed by atoms with Gasteiger partial charge in [-0.1, -0.05) is 19.1 Å². The van der Waals surface area contributed by atoms with Crippen LogP contribution >= 0.6 is 0 Å². The lowest BCUT2D eigenvalue weighted by atomic mass is 9.92. The topological polar surface area (TPSA) is 136 Å². The zero-order valence-corrected chi connectivity index (χ0v) is 18.2. The third-order valence-corrected chi connectivity index (χ3v) is 5.07. The molecule has 0 saturated carbocycles. The van der Waals surface area contributed by atoms with Gasteiger partial charge in [0.25, 0.3) is 5.91 Å². The number of carbonyl (C=O) groups excluding carboxylic acids is 2. The van der Waals surface area contributed by atoms with Crippen LogP contribution in [0.25, 0.3) is 0 Å². The van der Waals surface area contributed by atoms with Crippen molar-refractivity contribution in [3.63, 3.8) is 0 Å². The average molecular weight is 458 g/mol. The molecule has 10 heteroatoms. The van der Waals surface area contributed by atoms with Gasteiger partial charge in [0.15, 0.2) is 23.0 Å². The minimum atomic E-state index is -0.698. The predicted octanol–water partition coefficient (Wildman–Crippen LogP) is 3.90. The zero-order chi connectivity index (χ0) is 23.8. The van der Waals surface area contributed by atoms with E-state index in [4.69, 9.17) is 24.2 Å². The molecule has 0 fully saturated rings. The maximum absolute atomic E-state index is 12.7. The standard InChI is InChI=1S/C23H26N2O8/c1-14(5-3-4-6-21(27)25-29)22(15-7-9-18(30-2)17(26)11-15)33-23(28)24-16-8-10-19-20(12-16)32-13-31-19/h4,6-12,14,22,26,29H,3,5,13H2,1-2H3,(H,24,28)(H,25,27)/b6-4+/t14-,22-/m1/s1. The second kappa shape index (κ2) is 11.1. The number of phenolic OH excluding ortho intramolecular Hbond substituents is 1. The summed E-state index contributed by atoms with van der Waals surface area (Å²) in [6.07, 6.45) is 2.50. The van der Waals surface area contributed by atoms with Gasteiger partial charge in [-0.05, 0) is 48.6 Å². The largest absolute Gasteiger partial charge is 0.504 e. The third-order valence-electron chi connectivity index (χ3n) is 5.07. The van der Waals surface area contributed by atoms with E-state index in [2.05, 4.69) is 5.32 Å². The molecular weight excluding hydrogens is 432 g/mol. The summed E-state index contributed by atoms with van der Waals surface area (Å²) in [5.41, 5.74) is 2.58. The molecule has 3 rings (SSSR count). The molecule has 4 N–H and O–H groups in total. The first kappa shape index (κ1) is 23.7. The molecule has 2 aromatic carbocycles. The van der Waals surface area contributed by atoms with Crippen molar-refractivity contribution in [3.05, 3.63) is 54.1 Å². The normalized spacial score (nSPS) is 13.9. The molecule has 0 radical (unpaired) electrons. The van der Waals surface area contributed by atoms with Crippen LogP contribution in [-0.2, 0) is 9.53 Å². The Bertz CT molecular complexity index is 1020. The molecule has 0 spiro atoms. The molecule has 0 saturated heterocycles. The highest BCUT2D eigenvalue weighted by atomic mass is 16.7. The molecule has 0 bridgehead atoms. The van der Waals surface area contributed by atoms with Crippen LogP contribution in [0.15, 0.2) is 48.6 Å². The number of benzene rings is 2. The van der Waals surface area contributed by atoms with Crippen LogP contribution in [0.2, 0.25) is 0 Å². The number of allylic oxidation sites excluding steroid dienone is 1. The molecule has 0 unspecified atom stereocenters. The van der Waals surface area contributed by atoms with Crippen molar-refractivity contribution in [2.75, 3.05) is 19.2 Å². The van der Waals surface area contributed by atoms with E-state index < -0.39 is 18.1 Å². The van der Waals surface area contributed by atoms with E-state index in [1.165, 1.54) is 24.7 Å². The molecule has 2 aromatic rings. The molecule has 33 heavy (non-hydrogen) atoms. The summed E-state index contributed by atoms with van der Waals surface area (Å²) in [5.74, 6) is 0.536. The van der Waals surface area contributed by atoms with Crippen molar-refractivity contribution < 1.29 is 38.9 Å². The van der Waals surface area contributed by atoms with E-state index in [1.807, 2.05) is 6.92 Å². The predicted molar refractivity (Wildman–Crippen MR) is 118 cm³/mol. The number of hydroxylamine groups is 1. The monoisotopic (exact) mass is 458 g/mol. The number of methoxy groups -OCH3 is 1. The smallest absolute Gasteiger partial charge is 0.412 e. The Kier molecular flexibility index (Phi) is 7.98. The number of amides is 2. The van der Waals surface area contributed by atoms with Crippen molar-refractivity contribution in [3.8, 4) is 23.0 Å². The lowest BCUT2D eigenvalue weighted by molar-refractivity contribution is -0.124. The van der Waals surface area contributed by atoms with Crippen molar-refractivity contribution in [2.45, 2.75) is 25.9 Å². The van der Waals surface area contributed by atoms with Crippen LogP contribution in [0, 0.1) is 5.92 Å². The summed E-state index contributed by atoms with van der Waals surface area (Å²) in [5, 5.41) is 21.4. The Morgan fingerprint density at radius 1 is 1.18 bits per heavy atom. The number of rotatable bonds is 9. The highest BCUT2D eigenvalue weighted by Gasteiger charge is 2.25. The molecule has 0 aromatic heterocycles. The quantitative estimate of drug-likeness (QED) is 0.252. The number of fused-ring (bicyclic) bond motifs is 1. The first-order valence-electron chi connectivity index (χ1n) is 10.3. The average Bonchev–Trinajstić information content (AvgIpc) is 3.27. The molecular formula is C23H26N2O8. The van der Waals surface area contributed by atoms with Gasteiger partial charge < -0.3 is 24.1 Å². The number of phenols is 1. The summed E-state index contributed by atoms with van der Waals surface area (Å²) in [7, 11) is 1.44. The van der Waals surface area contributed by atoms with Crippen LogP contribution in [0.1, 0.15) is 31.4 Å².